The van der Waals surface area contributed by atoms with Crippen LogP contribution in [0.5, 0.6) is 0 Å². The lowest BCUT2D eigenvalue weighted by atomic mass is 9.81. The Labute approximate surface area is 114 Å². The fraction of sp³-hybridized carbons (Fsp3) is 0.786. The van der Waals surface area contributed by atoms with Crippen LogP contribution in [0.25, 0.3) is 0 Å². The first-order valence-corrected chi connectivity index (χ1v) is 7.26. The van der Waals surface area contributed by atoms with E-state index in [0.717, 1.165) is 45.9 Å². The first-order chi connectivity index (χ1) is 9.31. The van der Waals surface area contributed by atoms with Crippen molar-refractivity contribution >= 4 is 0 Å². The van der Waals surface area contributed by atoms with Crippen molar-refractivity contribution in [1.29, 1.82) is 0 Å². The van der Waals surface area contributed by atoms with Gasteiger partial charge in [0.1, 0.15) is 5.82 Å². The maximum atomic E-state index is 5.75. The zero-order valence-corrected chi connectivity index (χ0v) is 11.8. The van der Waals surface area contributed by atoms with E-state index in [1.54, 1.807) is 0 Å². The Kier molecular flexibility index (Phi) is 3.86. The first-order valence-electron chi connectivity index (χ1n) is 7.26. The van der Waals surface area contributed by atoms with Crippen molar-refractivity contribution in [2.75, 3.05) is 39.9 Å². The van der Waals surface area contributed by atoms with Gasteiger partial charge in [0.25, 0.3) is 0 Å². The Morgan fingerprint density at radius 3 is 3.21 bits per heavy atom. The molecule has 0 aliphatic carbocycles. The van der Waals surface area contributed by atoms with E-state index >= 15 is 0 Å². The second kappa shape index (κ2) is 5.61. The van der Waals surface area contributed by atoms with Crippen molar-refractivity contribution < 1.29 is 4.74 Å². The summed E-state index contributed by atoms with van der Waals surface area (Å²) >= 11 is 0. The summed E-state index contributed by atoms with van der Waals surface area (Å²) in [5.41, 5.74) is 0.280. The van der Waals surface area contributed by atoms with Crippen molar-refractivity contribution in [3.63, 3.8) is 0 Å². The van der Waals surface area contributed by atoms with Gasteiger partial charge in [0.15, 0.2) is 0 Å². The van der Waals surface area contributed by atoms with Crippen LogP contribution in [0.3, 0.4) is 0 Å². The third-order valence-corrected chi connectivity index (χ3v) is 4.34. The minimum Gasteiger partial charge on any atom is -0.381 e. The molecule has 2 aliphatic heterocycles. The molecule has 1 aromatic heterocycles. The number of ether oxygens (including phenoxy) is 1. The summed E-state index contributed by atoms with van der Waals surface area (Å²) in [6.45, 7) is 7.12. The topological polar surface area (TPSA) is 42.3 Å². The molecule has 5 heteroatoms. The summed E-state index contributed by atoms with van der Waals surface area (Å²) < 4.78 is 8.01. The van der Waals surface area contributed by atoms with E-state index in [-0.39, 0.29) is 5.41 Å². The average Bonchev–Trinajstić information content (AvgIpc) is 2.87. The smallest absolute Gasteiger partial charge is 0.122 e. The Balaban J connectivity index is 1.66. The normalized spacial score (nSPS) is 28.3. The van der Waals surface area contributed by atoms with E-state index in [9.17, 15) is 0 Å². The summed E-state index contributed by atoms with van der Waals surface area (Å²) in [5.74, 6) is 1.20. The highest BCUT2D eigenvalue weighted by Crippen LogP contribution is 2.30. The van der Waals surface area contributed by atoms with Crippen LogP contribution in [0.2, 0.25) is 0 Å². The van der Waals surface area contributed by atoms with Gasteiger partial charge in [-0.2, -0.15) is 0 Å². The second-order valence-corrected chi connectivity index (χ2v) is 5.93. The highest BCUT2D eigenvalue weighted by Gasteiger charge is 2.35. The summed E-state index contributed by atoms with van der Waals surface area (Å²) in [4.78, 5) is 6.98. The van der Waals surface area contributed by atoms with Gasteiger partial charge in [-0.05, 0) is 19.9 Å². The van der Waals surface area contributed by atoms with Crippen molar-refractivity contribution in [3.8, 4) is 0 Å². The molecule has 0 amide bonds. The van der Waals surface area contributed by atoms with Gasteiger partial charge in [-0.1, -0.05) is 0 Å². The number of rotatable bonds is 4. The standard InChI is InChI=1S/C14H24N4O/c1-15-10-14(3-2-8-19-12-14)11-17-6-7-18-5-4-16-13(18)9-17/h4-5,15H,2-3,6-12H2,1H3. The van der Waals surface area contributed by atoms with Crippen LogP contribution in [0.1, 0.15) is 18.7 Å². The summed E-state index contributed by atoms with van der Waals surface area (Å²) in [7, 11) is 2.04. The molecule has 0 bridgehead atoms. The number of fused-ring (bicyclic) bond motifs is 1. The minimum atomic E-state index is 0.280. The van der Waals surface area contributed by atoms with Crippen molar-refractivity contribution in [3.05, 3.63) is 18.2 Å². The molecule has 0 saturated carbocycles. The highest BCUT2D eigenvalue weighted by atomic mass is 16.5. The van der Waals surface area contributed by atoms with E-state index < -0.39 is 0 Å². The SMILES string of the molecule is CNCC1(CN2CCn3ccnc3C2)CCCOC1. The molecule has 106 valence electrons. The van der Waals surface area contributed by atoms with Crippen LogP contribution in [0.4, 0.5) is 0 Å². The predicted molar refractivity (Wildman–Crippen MR) is 73.9 cm³/mol. The number of nitrogens with zero attached hydrogens (tertiary/aromatic N) is 3. The van der Waals surface area contributed by atoms with Gasteiger partial charge in [0, 0.05) is 50.6 Å². The average molecular weight is 264 g/mol. The Bertz CT molecular complexity index is 406. The van der Waals surface area contributed by atoms with Crippen LogP contribution >= 0.6 is 0 Å². The van der Waals surface area contributed by atoms with E-state index in [1.165, 1.54) is 18.7 Å². The van der Waals surface area contributed by atoms with Gasteiger partial charge in [-0.3, -0.25) is 4.90 Å². The number of imidazole rings is 1. The van der Waals surface area contributed by atoms with Crippen molar-refractivity contribution in [1.82, 2.24) is 19.8 Å². The molecule has 3 rings (SSSR count). The lowest BCUT2D eigenvalue weighted by Crippen LogP contribution is -2.50. The largest absolute Gasteiger partial charge is 0.381 e. The van der Waals surface area contributed by atoms with Gasteiger partial charge in [-0.15, -0.1) is 0 Å². The third kappa shape index (κ3) is 2.83. The number of hydrogen-bond donors (Lipinski definition) is 1. The number of nitrogens with one attached hydrogen (secondary N) is 1. The molecule has 0 spiro atoms. The van der Waals surface area contributed by atoms with E-state index in [1.807, 2.05) is 13.2 Å². The van der Waals surface area contributed by atoms with Crippen LogP contribution in [-0.2, 0) is 17.8 Å². The van der Waals surface area contributed by atoms with Crippen LogP contribution in [0, 0.1) is 5.41 Å². The molecular weight excluding hydrogens is 240 g/mol. The summed E-state index contributed by atoms with van der Waals surface area (Å²) in [6, 6.07) is 0. The van der Waals surface area contributed by atoms with Gasteiger partial charge >= 0.3 is 0 Å². The fourth-order valence-electron chi connectivity index (χ4n) is 3.44. The van der Waals surface area contributed by atoms with E-state index in [4.69, 9.17) is 4.74 Å². The monoisotopic (exact) mass is 264 g/mol. The first kappa shape index (κ1) is 13.1. The van der Waals surface area contributed by atoms with E-state index in [0.29, 0.717) is 0 Å². The molecule has 1 atom stereocenters. The minimum absolute atomic E-state index is 0.280. The second-order valence-electron chi connectivity index (χ2n) is 5.93. The third-order valence-electron chi connectivity index (χ3n) is 4.34. The molecule has 2 aliphatic rings. The van der Waals surface area contributed by atoms with E-state index in [2.05, 4.69) is 26.0 Å². The Morgan fingerprint density at radius 1 is 1.47 bits per heavy atom. The molecular formula is C14H24N4O. The zero-order valence-electron chi connectivity index (χ0n) is 11.8. The molecule has 1 saturated heterocycles. The molecule has 3 heterocycles. The zero-order chi connectivity index (χ0) is 13.1. The molecule has 1 fully saturated rings. The van der Waals surface area contributed by atoms with Gasteiger partial charge in [-0.25, -0.2) is 4.98 Å². The molecule has 1 aromatic rings. The maximum Gasteiger partial charge on any atom is 0.122 e. The lowest BCUT2D eigenvalue weighted by molar-refractivity contribution is -0.0294. The highest BCUT2D eigenvalue weighted by molar-refractivity contribution is 4.97. The van der Waals surface area contributed by atoms with Gasteiger partial charge in [0.2, 0.25) is 0 Å². The molecule has 5 nitrogen and oxygen atoms in total. The lowest BCUT2D eigenvalue weighted by Gasteiger charge is -2.41. The molecule has 0 radical (unpaired) electrons. The number of hydrogen-bond acceptors (Lipinski definition) is 4. The quantitative estimate of drug-likeness (QED) is 0.870. The van der Waals surface area contributed by atoms with Crippen LogP contribution in [-0.4, -0.2) is 54.3 Å². The van der Waals surface area contributed by atoms with Gasteiger partial charge < -0.3 is 14.6 Å². The Morgan fingerprint density at radius 2 is 2.42 bits per heavy atom. The predicted octanol–water partition coefficient (Wildman–Crippen LogP) is 0.715. The van der Waals surface area contributed by atoms with Crippen LogP contribution in [0.15, 0.2) is 12.4 Å². The van der Waals surface area contributed by atoms with Crippen molar-refractivity contribution in [2.24, 2.45) is 5.41 Å². The summed E-state index contributed by atoms with van der Waals surface area (Å²) in [6.07, 6.45) is 6.44. The summed E-state index contributed by atoms with van der Waals surface area (Å²) in [5, 5.41) is 3.35. The molecule has 1 unspecified atom stereocenters. The molecule has 1 N–H and O–H groups in total. The molecule has 19 heavy (non-hydrogen) atoms. The maximum absolute atomic E-state index is 5.75. The van der Waals surface area contributed by atoms with Gasteiger partial charge in [0.05, 0.1) is 13.2 Å². The van der Waals surface area contributed by atoms with Crippen LogP contribution < -0.4 is 5.32 Å². The number of aromatic nitrogens is 2. The Hall–Kier alpha value is -0.910. The molecule has 0 aromatic carbocycles. The fourth-order valence-corrected chi connectivity index (χ4v) is 3.44. The van der Waals surface area contributed by atoms with Crippen molar-refractivity contribution in [2.45, 2.75) is 25.9 Å².